The van der Waals surface area contributed by atoms with E-state index in [0.717, 1.165) is 23.2 Å². The Morgan fingerprint density at radius 1 is 1.41 bits per heavy atom. The van der Waals surface area contributed by atoms with Crippen LogP contribution in [0.5, 0.6) is 0 Å². The number of halogens is 1. The third-order valence-electron chi connectivity index (χ3n) is 2.24. The summed E-state index contributed by atoms with van der Waals surface area (Å²) in [7, 11) is 0. The van der Waals surface area contributed by atoms with Crippen molar-refractivity contribution < 1.29 is 4.79 Å². The molecule has 0 atom stereocenters. The zero-order valence-corrected chi connectivity index (χ0v) is 11.7. The van der Waals surface area contributed by atoms with Crippen LogP contribution in [0.4, 0.5) is 5.69 Å². The summed E-state index contributed by atoms with van der Waals surface area (Å²) in [4.78, 5) is 11.3. The first kappa shape index (κ1) is 14.0. The normalized spacial score (nSPS) is 10.6. The minimum absolute atomic E-state index is 0.425. The fourth-order valence-electron chi connectivity index (χ4n) is 1.43. The molecule has 0 saturated carbocycles. The molecule has 0 saturated heterocycles. The third kappa shape index (κ3) is 4.75. The highest BCUT2D eigenvalue weighted by atomic mass is 79.9. The molecule has 0 aliphatic rings. The van der Waals surface area contributed by atoms with E-state index in [1.807, 2.05) is 12.1 Å². The molecule has 4 nitrogen and oxygen atoms in total. The molecule has 1 aromatic rings. The molecule has 0 aliphatic heterocycles. The summed E-state index contributed by atoms with van der Waals surface area (Å²) >= 11 is 3.32. The Morgan fingerprint density at radius 2 is 2.12 bits per heavy atom. The van der Waals surface area contributed by atoms with E-state index >= 15 is 0 Å². The largest absolute Gasteiger partial charge is 0.383 e. The minimum Gasteiger partial charge on any atom is -0.383 e. The Labute approximate surface area is 110 Å². The number of hydrogen-bond acceptors (Lipinski definition) is 3. The van der Waals surface area contributed by atoms with Crippen molar-refractivity contribution in [2.75, 3.05) is 18.4 Å². The van der Waals surface area contributed by atoms with E-state index in [4.69, 9.17) is 5.73 Å². The molecule has 1 amide bonds. The topological polar surface area (TPSA) is 67.2 Å². The Hall–Kier alpha value is -1.07. The summed E-state index contributed by atoms with van der Waals surface area (Å²) in [6.45, 7) is 5.77. The molecule has 17 heavy (non-hydrogen) atoms. The summed E-state index contributed by atoms with van der Waals surface area (Å²) in [5.74, 6) is -0.425. The van der Waals surface area contributed by atoms with E-state index < -0.39 is 5.91 Å². The zero-order valence-electron chi connectivity index (χ0n) is 10.1. The number of anilines is 1. The second-order valence-electron chi connectivity index (χ2n) is 4.09. The molecule has 0 radical (unpaired) electrons. The Balaban J connectivity index is 2.61. The van der Waals surface area contributed by atoms with Crippen molar-refractivity contribution in [2.24, 2.45) is 5.73 Å². The van der Waals surface area contributed by atoms with Crippen LogP contribution in [0, 0.1) is 0 Å². The maximum absolute atomic E-state index is 11.3. The molecule has 0 bridgehead atoms. The molecule has 1 aromatic carbocycles. The molecule has 4 N–H and O–H groups in total. The van der Waals surface area contributed by atoms with Crippen LogP contribution >= 0.6 is 15.9 Å². The molecule has 0 aromatic heterocycles. The highest BCUT2D eigenvalue weighted by Crippen LogP contribution is 2.20. The Kier molecular flexibility index (Phi) is 5.44. The van der Waals surface area contributed by atoms with Gasteiger partial charge < -0.3 is 16.4 Å². The zero-order chi connectivity index (χ0) is 12.8. The van der Waals surface area contributed by atoms with Gasteiger partial charge in [0.15, 0.2) is 0 Å². The molecule has 1 rings (SSSR count). The van der Waals surface area contributed by atoms with Crippen LogP contribution in [0.2, 0.25) is 0 Å². The quantitative estimate of drug-likeness (QED) is 0.704. The Bertz CT molecular complexity index is 393. The van der Waals surface area contributed by atoms with Gasteiger partial charge in [0.05, 0.1) is 5.56 Å². The first-order valence-corrected chi connectivity index (χ1v) is 6.36. The maximum atomic E-state index is 11.3. The number of nitrogens with one attached hydrogen (secondary N) is 2. The van der Waals surface area contributed by atoms with E-state index in [-0.39, 0.29) is 0 Å². The lowest BCUT2D eigenvalue weighted by atomic mass is 10.1. The summed E-state index contributed by atoms with van der Waals surface area (Å²) in [6, 6.07) is 5.91. The van der Waals surface area contributed by atoms with Crippen molar-refractivity contribution in [1.82, 2.24) is 5.32 Å². The van der Waals surface area contributed by atoms with E-state index in [0.29, 0.717) is 11.6 Å². The van der Waals surface area contributed by atoms with Gasteiger partial charge in [-0.3, -0.25) is 4.79 Å². The average molecular weight is 300 g/mol. The van der Waals surface area contributed by atoms with E-state index in [9.17, 15) is 4.79 Å². The molecule has 0 unspecified atom stereocenters. The summed E-state index contributed by atoms with van der Waals surface area (Å²) in [5.41, 5.74) is 6.59. The van der Waals surface area contributed by atoms with E-state index in [1.165, 1.54) is 0 Å². The van der Waals surface area contributed by atoms with Gasteiger partial charge in [-0.05, 0) is 18.2 Å². The molecule has 0 heterocycles. The second kappa shape index (κ2) is 6.61. The van der Waals surface area contributed by atoms with Gasteiger partial charge in [0.1, 0.15) is 0 Å². The molecule has 94 valence electrons. The van der Waals surface area contributed by atoms with Crippen molar-refractivity contribution >= 4 is 27.5 Å². The highest BCUT2D eigenvalue weighted by Gasteiger charge is 2.08. The molecule has 0 fully saturated rings. The summed E-state index contributed by atoms with van der Waals surface area (Å²) in [6.07, 6.45) is 0. The van der Waals surface area contributed by atoms with Crippen LogP contribution in [-0.2, 0) is 0 Å². The second-order valence-corrected chi connectivity index (χ2v) is 5.01. The van der Waals surface area contributed by atoms with Crippen LogP contribution in [-0.4, -0.2) is 25.0 Å². The molecule has 5 heteroatoms. The van der Waals surface area contributed by atoms with Gasteiger partial charge in [0, 0.05) is 29.3 Å². The van der Waals surface area contributed by atoms with Gasteiger partial charge >= 0.3 is 0 Å². The predicted molar refractivity (Wildman–Crippen MR) is 74.3 cm³/mol. The number of hydrogen-bond donors (Lipinski definition) is 3. The van der Waals surface area contributed by atoms with Crippen LogP contribution < -0.4 is 16.4 Å². The molecular formula is C12H18BrN3O. The lowest BCUT2D eigenvalue weighted by Gasteiger charge is -2.12. The average Bonchev–Trinajstić information content (AvgIpc) is 2.25. The minimum atomic E-state index is -0.425. The van der Waals surface area contributed by atoms with Crippen LogP contribution in [0.15, 0.2) is 22.7 Å². The summed E-state index contributed by atoms with van der Waals surface area (Å²) in [5, 5.41) is 6.48. The SMILES string of the molecule is CC(C)NCCNc1ccc(Br)cc1C(N)=O. The van der Waals surface area contributed by atoms with Crippen LogP contribution in [0.25, 0.3) is 0 Å². The number of amides is 1. The van der Waals surface area contributed by atoms with Crippen molar-refractivity contribution in [1.29, 1.82) is 0 Å². The first-order chi connectivity index (χ1) is 8.00. The number of carbonyl (C=O) groups excluding carboxylic acids is 1. The van der Waals surface area contributed by atoms with Crippen LogP contribution in [0.3, 0.4) is 0 Å². The van der Waals surface area contributed by atoms with Crippen molar-refractivity contribution in [3.8, 4) is 0 Å². The van der Waals surface area contributed by atoms with Crippen molar-refractivity contribution in [3.63, 3.8) is 0 Å². The predicted octanol–water partition coefficient (Wildman–Crippen LogP) is 1.96. The number of rotatable bonds is 6. The standard InChI is InChI=1S/C12H18BrN3O/c1-8(2)15-5-6-16-11-4-3-9(13)7-10(11)12(14)17/h3-4,7-8,15-16H,5-6H2,1-2H3,(H2,14,17). The van der Waals surface area contributed by atoms with Gasteiger partial charge in [-0.2, -0.15) is 0 Å². The van der Waals surface area contributed by atoms with Crippen LogP contribution in [0.1, 0.15) is 24.2 Å². The molecular weight excluding hydrogens is 282 g/mol. The van der Waals surface area contributed by atoms with Gasteiger partial charge in [-0.15, -0.1) is 0 Å². The van der Waals surface area contributed by atoms with E-state index in [1.54, 1.807) is 6.07 Å². The van der Waals surface area contributed by atoms with Gasteiger partial charge in [0.25, 0.3) is 5.91 Å². The van der Waals surface area contributed by atoms with E-state index in [2.05, 4.69) is 40.4 Å². The Morgan fingerprint density at radius 3 is 2.71 bits per heavy atom. The fraction of sp³-hybridized carbons (Fsp3) is 0.417. The van der Waals surface area contributed by atoms with Gasteiger partial charge in [0.2, 0.25) is 0 Å². The number of carbonyl (C=O) groups is 1. The monoisotopic (exact) mass is 299 g/mol. The maximum Gasteiger partial charge on any atom is 0.250 e. The lowest BCUT2D eigenvalue weighted by molar-refractivity contribution is 0.100. The smallest absolute Gasteiger partial charge is 0.250 e. The highest BCUT2D eigenvalue weighted by molar-refractivity contribution is 9.10. The number of primary amides is 1. The molecule has 0 aliphatic carbocycles. The lowest BCUT2D eigenvalue weighted by Crippen LogP contribution is -2.28. The van der Waals surface area contributed by atoms with Gasteiger partial charge in [-0.1, -0.05) is 29.8 Å². The number of nitrogens with two attached hydrogens (primary N) is 1. The first-order valence-electron chi connectivity index (χ1n) is 5.57. The van der Waals surface area contributed by atoms with Gasteiger partial charge in [-0.25, -0.2) is 0 Å². The summed E-state index contributed by atoms with van der Waals surface area (Å²) < 4.78 is 0.845. The van der Waals surface area contributed by atoms with Crippen molar-refractivity contribution in [3.05, 3.63) is 28.2 Å². The molecule has 0 spiro atoms. The fourth-order valence-corrected chi connectivity index (χ4v) is 1.79. The number of benzene rings is 1. The van der Waals surface area contributed by atoms with Crippen molar-refractivity contribution in [2.45, 2.75) is 19.9 Å². The third-order valence-corrected chi connectivity index (χ3v) is 2.73.